The molecule has 2 fully saturated rings. The third-order valence-corrected chi connectivity index (χ3v) is 4.87. The van der Waals surface area contributed by atoms with Gasteiger partial charge in [-0.3, -0.25) is 0 Å². The van der Waals surface area contributed by atoms with Gasteiger partial charge in [-0.25, -0.2) is 0 Å². The van der Waals surface area contributed by atoms with Crippen molar-refractivity contribution in [2.45, 2.75) is 44.2 Å². The van der Waals surface area contributed by atoms with Gasteiger partial charge >= 0.3 is 0 Å². The molecule has 0 bridgehead atoms. The number of nitrogens with one attached hydrogen (secondary N) is 1. The summed E-state index contributed by atoms with van der Waals surface area (Å²) in [5.74, 6) is 0.860. The maximum Gasteiger partial charge on any atom is 0.0991 e. The van der Waals surface area contributed by atoms with Crippen molar-refractivity contribution in [3.63, 3.8) is 0 Å². The minimum Gasteiger partial charge on any atom is -0.370 e. The van der Waals surface area contributed by atoms with Crippen LogP contribution in [0.25, 0.3) is 0 Å². The molecule has 0 radical (unpaired) electrons. The van der Waals surface area contributed by atoms with Crippen LogP contribution < -0.4 is 5.32 Å². The van der Waals surface area contributed by atoms with Crippen LogP contribution in [0.3, 0.4) is 0 Å². The Labute approximate surface area is 120 Å². The summed E-state index contributed by atoms with van der Waals surface area (Å²) in [5.41, 5.74) is 2.08. The van der Waals surface area contributed by atoms with Crippen molar-refractivity contribution < 1.29 is 4.74 Å². The van der Waals surface area contributed by atoms with Crippen molar-refractivity contribution in [3.8, 4) is 6.07 Å². The van der Waals surface area contributed by atoms with E-state index in [4.69, 9.17) is 10.00 Å². The Kier molecular flexibility index (Phi) is 3.78. The van der Waals surface area contributed by atoms with Crippen LogP contribution >= 0.6 is 0 Å². The minimum absolute atomic E-state index is 0.118. The normalized spacial score (nSPS) is 33.8. The largest absolute Gasteiger partial charge is 0.370 e. The molecule has 3 heteroatoms. The molecule has 1 atom stereocenters. The zero-order valence-corrected chi connectivity index (χ0v) is 12.1. The maximum absolute atomic E-state index is 8.83. The van der Waals surface area contributed by atoms with Crippen molar-refractivity contribution in [1.29, 1.82) is 5.26 Å². The topological polar surface area (TPSA) is 45.0 Å². The van der Waals surface area contributed by atoms with E-state index in [0.29, 0.717) is 5.56 Å². The van der Waals surface area contributed by atoms with Gasteiger partial charge in [-0.15, -0.1) is 0 Å². The average Bonchev–Trinajstić information content (AvgIpc) is 2.52. The van der Waals surface area contributed by atoms with E-state index in [9.17, 15) is 0 Å². The molecule has 1 N–H and O–H groups in total. The first-order valence-corrected chi connectivity index (χ1v) is 7.57. The first kappa shape index (κ1) is 13.6. The summed E-state index contributed by atoms with van der Waals surface area (Å²) in [6.07, 6.45) is 5.19. The molecule has 1 saturated heterocycles. The van der Waals surface area contributed by atoms with Crippen molar-refractivity contribution in [2.75, 3.05) is 13.2 Å². The Bertz CT molecular complexity index is 485. The summed E-state index contributed by atoms with van der Waals surface area (Å²) in [6.45, 7) is 4.03. The molecule has 1 aliphatic heterocycles. The molecule has 1 spiro atoms. The Balaban J connectivity index is 1.62. The predicted octanol–water partition coefficient (Wildman–Crippen LogP) is 3.17. The summed E-state index contributed by atoms with van der Waals surface area (Å²) in [6, 6.07) is 9.90. The number of hydrogen-bond donors (Lipinski definition) is 1. The van der Waals surface area contributed by atoms with Crippen LogP contribution in [-0.2, 0) is 4.74 Å². The summed E-state index contributed by atoms with van der Waals surface area (Å²) in [7, 11) is 0. The molecule has 20 heavy (non-hydrogen) atoms. The second-order valence-electron chi connectivity index (χ2n) is 6.38. The van der Waals surface area contributed by atoms with Gasteiger partial charge in [-0.05, 0) is 49.3 Å². The molecule has 1 saturated carbocycles. The van der Waals surface area contributed by atoms with Gasteiger partial charge in [0.1, 0.15) is 0 Å². The molecule has 1 unspecified atom stereocenters. The second-order valence-corrected chi connectivity index (χ2v) is 6.38. The first-order chi connectivity index (χ1) is 9.71. The number of nitriles is 1. The predicted molar refractivity (Wildman–Crippen MR) is 78.2 cm³/mol. The Hall–Kier alpha value is -1.37. The van der Waals surface area contributed by atoms with Gasteiger partial charge in [-0.1, -0.05) is 19.1 Å². The highest BCUT2D eigenvalue weighted by Gasteiger charge is 2.38. The van der Waals surface area contributed by atoms with Crippen LogP contribution in [0.15, 0.2) is 24.3 Å². The van der Waals surface area contributed by atoms with Gasteiger partial charge in [0, 0.05) is 12.1 Å². The number of nitrogens with zero attached hydrogens (tertiary/aromatic N) is 1. The van der Waals surface area contributed by atoms with E-state index in [1.165, 1.54) is 25.7 Å². The smallest absolute Gasteiger partial charge is 0.0991 e. The molecular formula is C17H22N2O. The zero-order valence-electron chi connectivity index (χ0n) is 12.1. The molecule has 0 aromatic heterocycles. The standard InChI is InChI=1S/C17H22N2O/c1-13-6-8-17(9-7-13)12-20-16(11-19-17)15-4-2-14(10-18)3-5-15/h2-5,13,16,19H,6-9,11-12H2,1H3. The molecule has 3 rings (SSSR count). The highest BCUT2D eigenvalue weighted by Crippen LogP contribution is 2.36. The molecule has 1 heterocycles. The van der Waals surface area contributed by atoms with E-state index >= 15 is 0 Å². The first-order valence-electron chi connectivity index (χ1n) is 7.57. The van der Waals surface area contributed by atoms with Crippen LogP contribution in [0, 0.1) is 17.2 Å². The lowest BCUT2D eigenvalue weighted by molar-refractivity contribution is -0.0504. The summed E-state index contributed by atoms with van der Waals surface area (Å²) in [5, 5.41) is 12.6. The fourth-order valence-electron chi connectivity index (χ4n) is 3.30. The Morgan fingerprint density at radius 1 is 1.25 bits per heavy atom. The number of rotatable bonds is 1. The Morgan fingerprint density at radius 2 is 1.95 bits per heavy atom. The van der Waals surface area contributed by atoms with Crippen LogP contribution in [-0.4, -0.2) is 18.7 Å². The summed E-state index contributed by atoms with van der Waals surface area (Å²) in [4.78, 5) is 0. The molecule has 1 aliphatic carbocycles. The van der Waals surface area contributed by atoms with E-state index in [0.717, 1.165) is 24.6 Å². The van der Waals surface area contributed by atoms with Crippen LogP contribution in [0.5, 0.6) is 0 Å². The highest BCUT2D eigenvalue weighted by molar-refractivity contribution is 5.32. The maximum atomic E-state index is 8.83. The van der Waals surface area contributed by atoms with E-state index in [1.54, 1.807) is 0 Å². The SMILES string of the molecule is CC1CCC2(CC1)COC(c1ccc(C#N)cc1)CN2. The number of morpholine rings is 1. The molecule has 106 valence electrons. The number of hydrogen-bond acceptors (Lipinski definition) is 3. The lowest BCUT2D eigenvalue weighted by atomic mass is 9.77. The number of ether oxygens (including phenoxy) is 1. The molecule has 1 aromatic carbocycles. The van der Waals surface area contributed by atoms with Gasteiger partial charge in [0.2, 0.25) is 0 Å². The summed E-state index contributed by atoms with van der Waals surface area (Å²) < 4.78 is 6.12. The third kappa shape index (κ3) is 2.72. The van der Waals surface area contributed by atoms with E-state index in [1.807, 2.05) is 24.3 Å². The van der Waals surface area contributed by atoms with Crippen molar-refractivity contribution in [1.82, 2.24) is 5.32 Å². The van der Waals surface area contributed by atoms with Gasteiger partial charge < -0.3 is 10.1 Å². The lowest BCUT2D eigenvalue weighted by Crippen LogP contribution is -2.56. The molecule has 1 aromatic rings. The van der Waals surface area contributed by atoms with Crippen molar-refractivity contribution >= 4 is 0 Å². The number of benzene rings is 1. The monoisotopic (exact) mass is 270 g/mol. The quantitative estimate of drug-likeness (QED) is 0.852. The molecular weight excluding hydrogens is 248 g/mol. The van der Waals surface area contributed by atoms with Gasteiger partial charge in [0.25, 0.3) is 0 Å². The second kappa shape index (κ2) is 5.55. The highest BCUT2D eigenvalue weighted by atomic mass is 16.5. The van der Waals surface area contributed by atoms with E-state index in [2.05, 4.69) is 18.3 Å². The fraction of sp³-hybridized carbons (Fsp3) is 0.588. The van der Waals surface area contributed by atoms with Crippen LogP contribution in [0.4, 0.5) is 0 Å². The van der Waals surface area contributed by atoms with E-state index in [-0.39, 0.29) is 11.6 Å². The van der Waals surface area contributed by atoms with Crippen LogP contribution in [0.1, 0.15) is 49.8 Å². The molecule has 0 amide bonds. The van der Waals surface area contributed by atoms with Crippen LogP contribution in [0.2, 0.25) is 0 Å². The summed E-state index contributed by atoms with van der Waals surface area (Å²) >= 11 is 0. The lowest BCUT2D eigenvalue weighted by Gasteiger charge is -2.45. The third-order valence-electron chi connectivity index (χ3n) is 4.87. The van der Waals surface area contributed by atoms with Gasteiger partial charge in [-0.2, -0.15) is 5.26 Å². The van der Waals surface area contributed by atoms with Gasteiger partial charge in [0.15, 0.2) is 0 Å². The van der Waals surface area contributed by atoms with Crippen molar-refractivity contribution in [2.24, 2.45) is 5.92 Å². The minimum atomic E-state index is 0.118. The zero-order chi connectivity index (χ0) is 14.0. The van der Waals surface area contributed by atoms with Gasteiger partial charge in [0.05, 0.1) is 24.3 Å². The molecule has 3 nitrogen and oxygen atoms in total. The van der Waals surface area contributed by atoms with Crippen molar-refractivity contribution in [3.05, 3.63) is 35.4 Å². The average molecular weight is 270 g/mol. The fourth-order valence-corrected chi connectivity index (χ4v) is 3.30. The Morgan fingerprint density at radius 3 is 2.50 bits per heavy atom. The molecule has 2 aliphatic rings. The van der Waals surface area contributed by atoms with E-state index < -0.39 is 0 Å².